The Labute approximate surface area is 104 Å². The molecule has 0 aliphatic heterocycles. The van der Waals surface area contributed by atoms with E-state index in [1.54, 1.807) is 18.3 Å². The van der Waals surface area contributed by atoms with Gasteiger partial charge in [-0.15, -0.1) is 11.6 Å². The molecule has 0 unspecified atom stereocenters. The maximum absolute atomic E-state index is 11.3. The Bertz CT molecular complexity index is 616. The molecule has 1 aromatic carbocycles. The summed E-state index contributed by atoms with van der Waals surface area (Å²) in [5.74, 6) is 1.22. The molecule has 0 amide bonds. The number of rotatable bonds is 3. The lowest BCUT2D eigenvalue weighted by atomic mass is 10.2. The van der Waals surface area contributed by atoms with Crippen LogP contribution in [0.2, 0.25) is 0 Å². The third kappa shape index (κ3) is 2.68. The van der Waals surface area contributed by atoms with Gasteiger partial charge in [0, 0.05) is 11.8 Å². The second-order valence-electron chi connectivity index (χ2n) is 3.55. The highest BCUT2D eigenvalue weighted by atomic mass is 35.5. The fraction of sp³-hybridized carbons (Fsp3) is 0.182. The zero-order valence-electron chi connectivity index (χ0n) is 9.05. The molecule has 4 nitrogen and oxygen atoms in total. The van der Waals surface area contributed by atoms with Crippen LogP contribution in [-0.4, -0.2) is 19.7 Å². The Morgan fingerprint density at radius 3 is 2.41 bits per heavy atom. The van der Waals surface area contributed by atoms with Gasteiger partial charge in [-0.1, -0.05) is 0 Å². The number of hydrogen-bond donors (Lipinski definition) is 0. The van der Waals surface area contributed by atoms with Crippen LogP contribution in [0, 0.1) is 0 Å². The van der Waals surface area contributed by atoms with E-state index in [-0.39, 0.29) is 10.8 Å². The van der Waals surface area contributed by atoms with Crippen molar-refractivity contribution in [2.75, 3.05) is 6.26 Å². The molecule has 0 radical (unpaired) electrons. The third-order valence-electron chi connectivity index (χ3n) is 2.23. The lowest BCUT2D eigenvalue weighted by Crippen LogP contribution is -1.95. The molecule has 0 saturated heterocycles. The first-order valence-electron chi connectivity index (χ1n) is 4.82. The molecule has 1 aromatic heterocycles. The zero-order valence-corrected chi connectivity index (χ0v) is 10.6. The molecular weight excluding hydrogens is 262 g/mol. The fourth-order valence-corrected chi connectivity index (χ4v) is 2.13. The fourth-order valence-electron chi connectivity index (χ4n) is 1.37. The standard InChI is InChI=1S/C11H10ClNO3S/c1-17(14,15)9-4-2-8(3-5-9)10-7-13-11(6-12)16-10/h2-5,7H,6H2,1H3. The molecule has 0 saturated carbocycles. The minimum atomic E-state index is -3.17. The van der Waals surface area contributed by atoms with Crippen molar-refractivity contribution in [1.82, 2.24) is 4.98 Å². The summed E-state index contributed by atoms with van der Waals surface area (Å²) < 4.78 is 27.9. The lowest BCUT2D eigenvalue weighted by molar-refractivity contribution is 0.528. The second-order valence-corrected chi connectivity index (χ2v) is 5.83. The van der Waals surface area contributed by atoms with Crippen LogP contribution in [0.15, 0.2) is 39.8 Å². The summed E-state index contributed by atoms with van der Waals surface area (Å²) >= 11 is 5.58. The van der Waals surface area contributed by atoms with E-state index in [4.69, 9.17) is 16.0 Å². The highest BCUT2D eigenvalue weighted by Crippen LogP contribution is 2.22. The molecule has 17 heavy (non-hydrogen) atoms. The Kier molecular flexibility index (Phi) is 3.22. The average Bonchev–Trinajstić information content (AvgIpc) is 2.76. The molecule has 6 heteroatoms. The molecule has 1 heterocycles. The molecule has 0 aliphatic rings. The normalized spacial score (nSPS) is 11.6. The predicted molar refractivity (Wildman–Crippen MR) is 64.6 cm³/mol. The van der Waals surface area contributed by atoms with E-state index in [0.717, 1.165) is 5.56 Å². The van der Waals surface area contributed by atoms with E-state index in [1.165, 1.54) is 18.4 Å². The molecule has 0 aliphatic carbocycles. The minimum Gasteiger partial charge on any atom is -0.439 e. The highest BCUT2D eigenvalue weighted by molar-refractivity contribution is 7.90. The number of hydrogen-bond acceptors (Lipinski definition) is 4. The van der Waals surface area contributed by atoms with E-state index in [9.17, 15) is 8.42 Å². The largest absolute Gasteiger partial charge is 0.439 e. The Balaban J connectivity index is 2.35. The van der Waals surface area contributed by atoms with Gasteiger partial charge in [-0.05, 0) is 24.3 Å². The summed E-state index contributed by atoms with van der Waals surface area (Å²) in [6.45, 7) is 0. The van der Waals surface area contributed by atoms with Gasteiger partial charge in [0.1, 0.15) is 0 Å². The monoisotopic (exact) mass is 271 g/mol. The average molecular weight is 272 g/mol. The van der Waals surface area contributed by atoms with Crippen LogP contribution in [0.1, 0.15) is 5.89 Å². The van der Waals surface area contributed by atoms with E-state index in [2.05, 4.69) is 4.98 Å². The van der Waals surface area contributed by atoms with Crippen molar-refractivity contribution in [3.63, 3.8) is 0 Å². The summed E-state index contributed by atoms with van der Waals surface area (Å²) in [6, 6.07) is 6.42. The van der Waals surface area contributed by atoms with Gasteiger partial charge in [0.25, 0.3) is 0 Å². The van der Waals surface area contributed by atoms with Crippen molar-refractivity contribution >= 4 is 21.4 Å². The molecule has 90 valence electrons. The van der Waals surface area contributed by atoms with Crippen molar-refractivity contribution in [3.05, 3.63) is 36.4 Å². The van der Waals surface area contributed by atoms with Crippen LogP contribution >= 0.6 is 11.6 Å². The molecule has 0 fully saturated rings. The quantitative estimate of drug-likeness (QED) is 0.805. The van der Waals surface area contributed by atoms with Crippen molar-refractivity contribution in [2.24, 2.45) is 0 Å². The van der Waals surface area contributed by atoms with E-state index < -0.39 is 9.84 Å². The molecule has 2 aromatic rings. The van der Waals surface area contributed by atoms with E-state index in [0.29, 0.717) is 11.7 Å². The maximum Gasteiger partial charge on any atom is 0.209 e. The van der Waals surface area contributed by atoms with E-state index in [1.807, 2.05) is 0 Å². The lowest BCUT2D eigenvalue weighted by Gasteiger charge is -1.99. The second kappa shape index (κ2) is 4.50. The van der Waals surface area contributed by atoms with Crippen LogP contribution in [0.3, 0.4) is 0 Å². The molecular formula is C11H10ClNO3S. The smallest absolute Gasteiger partial charge is 0.209 e. The number of alkyl halides is 1. The van der Waals surface area contributed by atoms with Gasteiger partial charge in [0.15, 0.2) is 15.6 Å². The first-order chi connectivity index (χ1) is 8.00. The number of oxazole rings is 1. The number of aromatic nitrogens is 1. The highest BCUT2D eigenvalue weighted by Gasteiger charge is 2.09. The Morgan fingerprint density at radius 2 is 1.94 bits per heavy atom. The Hall–Kier alpha value is -1.33. The SMILES string of the molecule is CS(=O)(=O)c1ccc(-c2cnc(CCl)o2)cc1. The Morgan fingerprint density at radius 1 is 1.29 bits per heavy atom. The summed E-state index contributed by atoms with van der Waals surface area (Å²) in [4.78, 5) is 4.24. The summed E-state index contributed by atoms with van der Waals surface area (Å²) in [5, 5.41) is 0. The topological polar surface area (TPSA) is 60.2 Å². The van der Waals surface area contributed by atoms with Gasteiger partial charge in [-0.2, -0.15) is 0 Å². The number of benzene rings is 1. The van der Waals surface area contributed by atoms with Gasteiger partial charge in [-0.3, -0.25) is 0 Å². The third-order valence-corrected chi connectivity index (χ3v) is 3.59. The van der Waals surface area contributed by atoms with Gasteiger partial charge >= 0.3 is 0 Å². The van der Waals surface area contributed by atoms with Crippen molar-refractivity contribution < 1.29 is 12.8 Å². The van der Waals surface area contributed by atoms with Gasteiger partial charge in [-0.25, -0.2) is 13.4 Å². The predicted octanol–water partition coefficient (Wildman–Crippen LogP) is 2.48. The summed E-state index contributed by atoms with van der Waals surface area (Å²) in [7, 11) is -3.17. The maximum atomic E-state index is 11.3. The summed E-state index contributed by atoms with van der Waals surface area (Å²) in [6.07, 6.45) is 2.73. The molecule has 0 bridgehead atoms. The molecule has 2 rings (SSSR count). The molecule has 0 N–H and O–H groups in total. The van der Waals surface area contributed by atoms with Crippen molar-refractivity contribution in [2.45, 2.75) is 10.8 Å². The van der Waals surface area contributed by atoms with Crippen LogP contribution in [0.25, 0.3) is 11.3 Å². The van der Waals surface area contributed by atoms with E-state index >= 15 is 0 Å². The van der Waals surface area contributed by atoms with Gasteiger partial charge in [0.2, 0.25) is 5.89 Å². The van der Waals surface area contributed by atoms with Gasteiger partial charge in [0.05, 0.1) is 17.0 Å². The van der Waals surface area contributed by atoms with Crippen LogP contribution in [-0.2, 0) is 15.7 Å². The number of sulfone groups is 1. The first-order valence-corrected chi connectivity index (χ1v) is 7.24. The minimum absolute atomic E-state index is 0.210. The van der Waals surface area contributed by atoms with Gasteiger partial charge < -0.3 is 4.42 Å². The zero-order chi connectivity index (χ0) is 12.5. The van der Waals surface area contributed by atoms with Crippen LogP contribution < -0.4 is 0 Å². The number of nitrogens with zero attached hydrogens (tertiary/aromatic N) is 1. The van der Waals surface area contributed by atoms with Crippen molar-refractivity contribution in [1.29, 1.82) is 0 Å². The van der Waals surface area contributed by atoms with Crippen molar-refractivity contribution in [3.8, 4) is 11.3 Å². The number of halogens is 1. The van der Waals surface area contributed by atoms with Crippen LogP contribution in [0.5, 0.6) is 0 Å². The first kappa shape index (κ1) is 12.1. The van der Waals surface area contributed by atoms with Crippen LogP contribution in [0.4, 0.5) is 0 Å². The molecule has 0 spiro atoms. The molecule has 0 atom stereocenters. The summed E-state index contributed by atoms with van der Waals surface area (Å²) in [5.41, 5.74) is 0.765.